The van der Waals surface area contributed by atoms with E-state index in [2.05, 4.69) is 10.3 Å². The molecule has 0 unspecified atom stereocenters. The zero-order valence-corrected chi connectivity index (χ0v) is 12.3. The summed E-state index contributed by atoms with van der Waals surface area (Å²) in [7, 11) is 0. The highest BCUT2D eigenvalue weighted by atomic mass is 35.5. The van der Waals surface area contributed by atoms with E-state index in [4.69, 9.17) is 16.9 Å². The van der Waals surface area contributed by atoms with Gasteiger partial charge < -0.3 is 5.32 Å². The van der Waals surface area contributed by atoms with Crippen molar-refractivity contribution in [2.75, 3.05) is 0 Å². The minimum atomic E-state index is -0.995. The van der Waals surface area contributed by atoms with Crippen LogP contribution < -0.4 is 10.0 Å². The molecule has 0 atom stereocenters. The first-order chi connectivity index (χ1) is 10.9. The molecule has 0 aromatic carbocycles. The Kier molecular flexibility index (Phi) is 5.03. The molecule has 0 saturated carbocycles. The van der Waals surface area contributed by atoms with E-state index in [0.29, 0.717) is 0 Å². The number of aromatic nitrogens is 2. The lowest BCUT2D eigenvalue weighted by molar-refractivity contribution is -0.908. The Bertz CT molecular complexity index is 808. The van der Waals surface area contributed by atoms with Gasteiger partial charge in [0.05, 0.1) is 12.2 Å². The van der Waals surface area contributed by atoms with Crippen LogP contribution in [0.3, 0.4) is 0 Å². The Morgan fingerprint density at radius 2 is 2.22 bits per heavy atom. The van der Waals surface area contributed by atoms with Crippen LogP contribution in [-0.4, -0.2) is 16.1 Å². The second-order valence-corrected chi connectivity index (χ2v) is 4.81. The molecule has 6 nitrogen and oxygen atoms in total. The van der Waals surface area contributed by atoms with Crippen molar-refractivity contribution < 1.29 is 23.5 Å². The number of hydrogen-bond acceptors (Lipinski definition) is 4. The second kappa shape index (κ2) is 6.98. The van der Waals surface area contributed by atoms with Gasteiger partial charge in [-0.1, -0.05) is 0 Å². The molecule has 2 aromatic heterocycles. The Labute approximate surface area is 134 Å². The molecule has 118 valence electrons. The predicted octanol–water partition coefficient (Wildman–Crippen LogP) is 1.27. The van der Waals surface area contributed by atoms with Crippen LogP contribution in [0.1, 0.15) is 17.0 Å². The molecule has 0 aliphatic carbocycles. The van der Waals surface area contributed by atoms with Crippen LogP contribution in [0.4, 0.5) is 8.78 Å². The van der Waals surface area contributed by atoms with E-state index >= 15 is 0 Å². The molecule has 0 saturated heterocycles. The monoisotopic (exact) mass is 339 g/mol. The van der Waals surface area contributed by atoms with Gasteiger partial charge in [0, 0.05) is 17.0 Å². The molecule has 2 N–H and O–H groups in total. The van der Waals surface area contributed by atoms with Gasteiger partial charge in [-0.05, 0) is 23.7 Å². The van der Waals surface area contributed by atoms with Gasteiger partial charge in [0.15, 0.2) is 0 Å². The van der Waals surface area contributed by atoms with E-state index in [1.807, 2.05) is 0 Å². The van der Waals surface area contributed by atoms with Crippen molar-refractivity contribution in [3.05, 3.63) is 58.1 Å². The number of hydrogen-bond donors (Lipinski definition) is 2. The van der Waals surface area contributed by atoms with Gasteiger partial charge in [-0.25, -0.2) is 4.39 Å². The SMILES string of the molecule is N#Cc1cc(F)c(Cl)[n+](O)c1CC(=O)NCc1ncccc1F. The van der Waals surface area contributed by atoms with E-state index in [1.165, 1.54) is 18.3 Å². The largest absolute Gasteiger partial charge is 0.361 e. The van der Waals surface area contributed by atoms with E-state index in [0.717, 1.165) is 6.07 Å². The van der Waals surface area contributed by atoms with E-state index in [1.54, 1.807) is 6.07 Å². The predicted molar refractivity (Wildman–Crippen MR) is 73.3 cm³/mol. The number of halogens is 3. The molecule has 2 aromatic rings. The van der Waals surface area contributed by atoms with Crippen molar-refractivity contribution in [1.82, 2.24) is 10.3 Å². The Balaban J connectivity index is 2.14. The van der Waals surface area contributed by atoms with Crippen LogP contribution in [-0.2, 0) is 17.8 Å². The molecule has 0 spiro atoms. The topological polar surface area (TPSA) is 89.9 Å². The molecule has 1 amide bonds. The minimum absolute atomic E-state index is 0.0374. The Morgan fingerprint density at radius 1 is 1.48 bits per heavy atom. The van der Waals surface area contributed by atoms with Gasteiger partial charge in [0.2, 0.25) is 11.7 Å². The van der Waals surface area contributed by atoms with Gasteiger partial charge in [-0.3, -0.25) is 15.0 Å². The highest BCUT2D eigenvalue weighted by molar-refractivity contribution is 6.28. The Morgan fingerprint density at radius 3 is 2.87 bits per heavy atom. The fraction of sp³-hybridized carbons (Fsp3) is 0.143. The summed E-state index contributed by atoms with van der Waals surface area (Å²) in [4.78, 5) is 15.6. The number of amides is 1. The number of rotatable bonds is 4. The minimum Gasteiger partial charge on any atom is -0.350 e. The number of nitriles is 1. The van der Waals surface area contributed by atoms with Gasteiger partial charge in [0.1, 0.15) is 23.9 Å². The van der Waals surface area contributed by atoms with Crippen molar-refractivity contribution >= 4 is 17.5 Å². The second-order valence-electron chi connectivity index (χ2n) is 4.45. The van der Waals surface area contributed by atoms with Crippen LogP contribution >= 0.6 is 11.6 Å². The first kappa shape index (κ1) is 16.6. The van der Waals surface area contributed by atoms with E-state index in [-0.39, 0.29) is 28.2 Å². The number of pyridine rings is 2. The zero-order chi connectivity index (χ0) is 17.0. The highest BCUT2D eigenvalue weighted by Gasteiger charge is 2.27. The average Bonchev–Trinajstić information content (AvgIpc) is 2.54. The van der Waals surface area contributed by atoms with Crippen LogP contribution in [0.25, 0.3) is 0 Å². The third kappa shape index (κ3) is 3.70. The molecule has 2 rings (SSSR count). The van der Waals surface area contributed by atoms with Crippen molar-refractivity contribution in [2.24, 2.45) is 0 Å². The number of nitrogens with zero attached hydrogens (tertiary/aromatic N) is 3. The molecule has 23 heavy (non-hydrogen) atoms. The average molecular weight is 340 g/mol. The number of carbonyl (C=O) groups is 1. The van der Waals surface area contributed by atoms with Crippen molar-refractivity contribution in [3.8, 4) is 6.07 Å². The summed E-state index contributed by atoms with van der Waals surface area (Å²) in [6, 6.07) is 5.09. The molecule has 0 fully saturated rings. The molecule has 0 aliphatic rings. The third-order valence-corrected chi connectivity index (χ3v) is 3.30. The van der Waals surface area contributed by atoms with Crippen molar-refractivity contribution in [1.29, 1.82) is 5.26 Å². The lowest BCUT2D eigenvalue weighted by Gasteiger charge is -2.05. The summed E-state index contributed by atoms with van der Waals surface area (Å²) in [6.45, 7) is -0.173. The van der Waals surface area contributed by atoms with Gasteiger partial charge in [-0.2, -0.15) is 9.65 Å². The first-order valence-corrected chi connectivity index (χ1v) is 6.70. The van der Waals surface area contributed by atoms with Crippen LogP contribution in [0.15, 0.2) is 24.4 Å². The maximum atomic E-state index is 13.4. The molecular weight excluding hydrogens is 330 g/mol. The smallest absolute Gasteiger partial charge is 0.350 e. The van der Waals surface area contributed by atoms with E-state index < -0.39 is 29.1 Å². The summed E-state index contributed by atoms with van der Waals surface area (Å²) in [6.07, 6.45) is 0.924. The lowest BCUT2D eigenvalue weighted by Crippen LogP contribution is -2.41. The van der Waals surface area contributed by atoms with Gasteiger partial charge in [-0.15, -0.1) is 0 Å². The fourth-order valence-electron chi connectivity index (χ4n) is 1.82. The van der Waals surface area contributed by atoms with Gasteiger partial charge >= 0.3 is 5.15 Å². The molecule has 0 radical (unpaired) electrons. The van der Waals surface area contributed by atoms with Crippen molar-refractivity contribution in [2.45, 2.75) is 13.0 Å². The highest BCUT2D eigenvalue weighted by Crippen LogP contribution is 2.14. The quantitative estimate of drug-likeness (QED) is 0.498. The van der Waals surface area contributed by atoms with Gasteiger partial charge in [0.25, 0.3) is 5.69 Å². The molecular formula is C14H10ClF2N4O2+. The molecule has 0 bridgehead atoms. The summed E-state index contributed by atoms with van der Waals surface area (Å²) in [5.41, 5.74) is -0.387. The summed E-state index contributed by atoms with van der Waals surface area (Å²) in [5.74, 6) is -2.20. The van der Waals surface area contributed by atoms with E-state index in [9.17, 15) is 18.8 Å². The summed E-state index contributed by atoms with van der Waals surface area (Å²) >= 11 is 5.53. The summed E-state index contributed by atoms with van der Waals surface area (Å²) < 4.78 is 27.0. The maximum absolute atomic E-state index is 13.4. The first-order valence-electron chi connectivity index (χ1n) is 6.32. The fourth-order valence-corrected chi connectivity index (χ4v) is 1.97. The molecule has 2 heterocycles. The van der Waals surface area contributed by atoms with Crippen LogP contribution in [0, 0.1) is 23.0 Å². The lowest BCUT2D eigenvalue weighted by atomic mass is 10.1. The maximum Gasteiger partial charge on any atom is 0.361 e. The standard InChI is InChI=1S/C14H9ClF2N4O2/c15-14-10(17)4-8(6-18)12(21(14)23)5-13(22)20-7-11-9(16)2-1-3-19-11/h1-4H,5,7H2,(H-,20,22,23)/p+1. The van der Waals surface area contributed by atoms with Crippen LogP contribution in [0.2, 0.25) is 5.15 Å². The molecule has 9 heteroatoms. The number of carbonyl (C=O) groups excluding carboxylic acids is 1. The van der Waals surface area contributed by atoms with Crippen molar-refractivity contribution in [3.63, 3.8) is 0 Å². The van der Waals surface area contributed by atoms with Crippen LogP contribution in [0.5, 0.6) is 0 Å². The Hall–Kier alpha value is -2.79. The number of nitrogens with one attached hydrogen (secondary N) is 1. The summed E-state index contributed by atoms with van der Waals surface area (Å²) in [5, 5.41) is 20.4. The third-order valence-electron chi connectivity index (χ3n) is 2.96. The molecule has 0 aliphatic heterocycles. The zero-order valence-electron chi connectivity index (χ0n) is 11.6. The normalized spacial score (nSPS) is 10.2.